The van der Waals surface area contributed by atoms with E-state index in [0.29, 0.717) is 0 Å². The van der Waals surface area contributed by atoms with Gasteiger partial charge in [-0.3, -0.25) is 0 Å². The fourth-order valence-corrected chi connectivity index (χ4v) is 4.79. The summed E-state index contributed by atoms with van der Waals surface area (Å²) in [6.45, 7) is 0. The zero-order valence-electron chi connectivity index (χ0n) is 7.88. The summed E-state index contributed by atoms with van der Waals surface area (Å²) in [7, 11) is 0. The quantitative estimate of drug-likeness (QED) is 0.384. The SMILES string of the molecule is Fc1ccc(C(Br)c2ccc(Br)s2)c(I)c1. The molecule has 1 atom stereocenters. The molecule has 0 spiro atoms. The highest BCUT2D eigenvalue weighted by atomic mass is 127. The second kappa shape index (κ2) is 5.46. The largest absolute Gasteiger partial charge is 0.207 e. The Morgan fingerprint density at radius 1 is 1.25 bits per heavy atom. The zero-order valence-corrected chi connectivity index (χ0v) is 14.0. The lowest BCUT2D eigenvalue weighted by Gasteiger charge is -2.10. The van der Waals surface area contributed by atoms with Gasteiger partial charge in [-0.2, -0.15) is 0 Å². The fourth-order valence-electron chi connectivity index (χ4n) is 1.32. The molecule has 0 fully saturated rings. The maximum absolute atomic E-state index is 13.0. The lowest BCUT2D eigenvalue weighted by molar-refractivity contribution is 0.626. The van der Waals surface area contributed by atoms with E-state index < -0.39 is 0 Å². The van der Waals surface area contributed by atoms with E-state index in [1.165, 1.54) is 10.9 Å². The van der Waals surface area contributed by atoms with Crippen LogP contribution in [0.4, 0.5) is 4.39 Å². The average Bonchev–Trinajstić information content (AvgIpc) is 2.64. The lowest BCUT2D eigenvalue weighted by atomic mass is 10.1. The third kappa shape index (κ3) is 2.86. The number of hydrogen-bond acceptors (Lipinski definition) is 1. The molecule has 2 rings (SSSR count). The van der Waals surface area contributed by atoms with Crippen LogP contribution >= 0.6 is 65.8 Å². The van der Waals surface area contributed by atoms with E-state index in [1.807, 2.05) is 12.1 Å². The van der Waals surface area contributed by atoms with Gasteiger partial charge in [0.1, 0.15) is 5.82 Å². The van der Waals surface area contributed by atoms with E-state index in [-0.39, 0.29) is 10.6 Å². The van der Waals surface area contributed by atoms with Crippen LogP contribution in [0, 0.1) is 9.39 Å². The third-order valence-electron chi connectivity index (χ3n) is 2.08. The first kappa shape index (κ1) is 13.0. The highest BCUT2D eigenvalue weighted by molar-refractivity contribution is 14.1. The minimum Gasteiger partial charge on any atom is -0.207 e. The summed E-state index contributed by atoms with van der Waals surface area (Å²) in [4.78, 5) is 1.33. The van der Waals surface area contributed by atoms with Crippen molar-refractivity contribution in [3.8, 4) is 0 Å². The van der Waals surface area contributed by atoms with Crippen molar-refractivity contribution in [2.45, 2.75) is 4.83 Å². The van der Waals surface area contributed by atoms with Gasteiger partial charge in [-0.25, -0.2) is 4.39 Å². The van der Waals surface area contributed by atoms with E-state index in [9.17, 15) is 4.39 Å². The first-order chi connectivity index (χ1) is 7.58. The molecule has 0 aliphatic rings. The molecule has 0 nitrogen and oxygen atoms in total. The molecule has 5 heteroatoms. The number of hydrogen-bond donors (Lipinski definition) is 0. The molecule has 1 aromatic heterocycles. The summed E-state index contributed by atoms with van der Waals surface area (Å²) in [6, 6.07) is 8.95. The summed E-state index contributed by atoms with van der Waals surface area (Å²) >= 11 is 10.9. The Morgan fingerprint density at radius 3 is 2.56 bits per heavy atom. The van der Waals surface area contributed by atoms with Crippen LogP contribution in [0.3, 0.4) is 0 Å². The smallest absolute Gasteiger partial charge is 0.124 e. The van der Waals surface area contributed by atoms with E-state index in [1.54, 1.807) is 17.4 Å². The standard InChI is InChI=1S/C11H6Br2FIS/c12-10-4-3-9(16-10)11(13)7-2-1-6(14)5-8(7)15/h1-5,11H. The van der Waals surface area contributed by atoms with Crippen LogP contribution in [0.2, 0.25) is 0 Å². The normalized spacial score (nSPS) is 12.8. The van der Waals surface area contributed by atoms with E-state index in [4.69, 9.17) is 0 Å². The van der Waals surface area contributed by atoms with E-state index in [2.05, 4.69) is 60.5 Å². The van der Waals surface area contributed by atoms with Crippen LogP contribution in [0.15, 0.2) is 34.1 Å². The van der Waals surface area contributed by atoms with Gasteiger partial charge in [-0.15, -0.1) is 11.3 Å². The van der Waals surface area contributed by atoms with Crippen LogP contribution in [-0.2, 0) is 0 Å². The Balaban J connectivity index is 2.37. The van der Waals surface area contributed by atoms with E-state index in [0.717, 1.165) is 12.9 Å². The Hall–Kier alpha value is 0.540. The molecular formula is C11H6Br2FIS. The Morgan fingerprint density at radius 2 is 2.00 bits per heavy atom. The maximum Gasteiger partial charge on any atom is 0.124 e. The highest BCUT2D eigenvalue weighted by Crippen LogP contribution is 2.38. The maximum atomic E-state index is 13.0. The van der Waals surface area contributed by atoms with Crippen LogP contribution in [0.1, 0.15) is 15.3 Å². The molecule has 1 heterocycles. The molecule has 0 N–H and O–H groups in total. The predicted molar refractivity (Wildman–Crippen MR) is 81.9 cm³/mol. The van der Waals surface area contributed by atoms with Crippen molar-refractivity contribution < 1.29 is 4.39 Å². The van der Waals surface area contributed by atoms with E-state index >= 15 is 0 Å². The van der Waals surface area contributed by atoms with Crippen molar-refractivity contribution in [3.05, 3.63) is 53.9 Å². The van der Waals surface area contributed by atoms with Gasteiger partial charge < -0.3 is 0 Å². The first-order valence-electron chi connectivity index (χ1n) is 4.42. The van der Waals surface area contributed by atoms with Gasteiger partial charge in [0.15, 0.2) is 0 Å². The Kier molecular flexibility index (Phi) is 4.43. The monoisotopic (exact) mass is 474 g/mol. The van der Waals surface area contributed by atoms with Gasteiger partial charge in [0.25, 0.3) is 0 Å². The number of halogens is 4. The minimum atomic E-state index is -0.194. The fraction of sp³-hybridized carbons (Fsp3) is 0.0909. The van der Waals surface area contributed by atoms with Gasteiger partial charge in [0, 0.05) is 8.45 Å². The van der Waals surface area contributed by atoms with Gasteiger partial charge in [0.05, 0.1) is 8.61 Å². The molecule has 0 amide bonds. The summed E-state index contributed by atoms with van der Waals surface area (Å²) < 4.78 is 15.0. The Labute approximate surface area is 128 Å². The van der Waals surface area contributed by atoms with Crippen LogP contribution < -0.4 is 0 Å². The van der Waals surface area contributed by atoms with Gasteiger partial charge in [-0.05, 0) is 68.3 Å². The van der Waals surface area contributed by atoms with Crippen molar-refractivity contribution in [2.24, 2.45) is 0 Å². The second-order valence-corrected chi connectivity index (χ2v) is 7.74. The number of thiophene rings is 1. The molecule has 84 valence electrons. The van der Waals surface area contributed by atoms with Crippen LogP contribution in [0.25, 0.3) is 0 Å². The molecule has 0 aliphatic carbocycles. The molecule has 0 bridgehead atoms. The summed E-state index contributed by atoms with van der Waals surface area (Å²) in [5.74, 6) is -0.194. The number of alkyl halides is 1. The van der Waals surface area contributed by atoms with Gasteiger partial charge in [0.2, 0.25) is 0 Å². The van der Waals surface area contributed by atoms with Crippen LogP contribution in [-0.4, -0.2) is 0 Å². The summed E-state index contributed by atoms with van der Waals surface area (Å²) in [5, 5.41) is 0. The summed E-state index contributed by atoms with van der Waals surface area (Å²) in [5.41, 5.74) is 1.09. The molecule has 0 saturated heterocycles. The second-order valence-electron chi connectivity index (χ2n) is 3.17. The lowest BCUT2D eigenvalue weighted by Crippen LogP contribution is -1.94. The molecule has 0 saturated carbocycles. The highest BCUT2D eigenvalue weighted by Gasteiger charge is 2.15. The molecular weight excluding hydrogens is 470 g/mol. The topological polar surface area (TPSA) is 0 Å². The molecule has 2 aromatic rings. The summed E-state index contributed by atoms with van der Waals surface area (Å²) in [6.07, 6.45) is 0. The predicted octanol–water partition coefficient (Wildman–Crippen LogP) is 5.74. The molecule has 16 heavy (non-hydrogen) atoms. The average molecular weight is 476 g/mol. The first-order valence-corrected chi connectivity index (χ1v) is 8.02. The van der Waals surface area contributed by atoms with Crippen molar-refractivity contribution in [1.82, 2.24) is 0 Å². The zero-order chi connectivity index (χ0) is 11.7. The molecule has 0 aliphatic heterocycles. The van der Waals surface area contributed by atoms with Crippen molar-refractivity contribution in [3.63, 3.8) is 0 Å². The van der Waals surface area contributed by atoms with Crippen molar-refractivity contribution >= 4 is 65.8 Å². The molecule has 0 radical (unpaired) electrons. The van der Waals surface area contributed by atoms with Gasteiger partial charge in [-0.1, -0.05) is 22.0 Å². The number of benzene rings is 1. The van der Waals surface area contributed by atoms with Crippen molar-refractivity contribution in [1.29, 1.82) is 0 Å². The minimum absolute atomic E-state index is 0.122. The molecule has 1 aromatic carbocycles. The molecule has 1 unspecified atom stereocenters. The van der Waals surface area contributed by atoms with Crippen LogP contribution in [0.5, 0.6) is 0 Å². The number of rotatable bonds is 2. The Bertz CT molecular complexity index is 512. The van der Waals surface area contributed by atoms with Gasteiger partial charge >= 0.3 is 0 Å². The van der Waals surface area contributed by atoms with Crippen molar-refractivity contribution in [2.75, 3.05) is 0 Å². The third-order valence-corrected chi connectivity index (χ3v) is 5.99.